The Kier molecular flexibility index (Phi) is 10.8. The highest BCUT2D eigenvalue weighted by Gasteiger charge is 2.65. The fourth-order valence-electron chi connectivity index (χ4n) is 10.00. The van der Waals surface area contributed by atoms with Crippen molar-refractivity contribution >= 4 is 0 Å². The van der Waals surface area contributed by atoms with Crippen LogP contribution in [0.3, 0.4) is 0 Å². The van der Waals surface area contributed by atoms with Crippen LogP contribution < -0.4 is 0 Å². The predicted molar refractivity (Wildman–Crippen MR) is 191 cm³/mol. The Labute approximate surface area is 287 Å². The molecule has 0 radical (unpaired) electrons. The first-order chi connectivity index (χ1) is 23.6. The van der Waals surface area contributed by atoms with Gasteiger partial charge in [0.15, 0.2) is 11.6 Å². The van der Waals surface area contributed by atoms with Crippen molar-refractivity contribution in [3.63, 3.8) is 0 Å². The van der Waals surface area contributed by atoms with E-state index in [4.69, 9.17) is 24.1 Å². The van der Waals surface area contributed by atoms with Gasteiger partial charge in [-0.15, -0.1) is 0 Å². The lowest BCUT2D eigenvalue weighted by atomic mass is 9.64. The van der Waals surface area contributed by atoms with Crippen LogP contribution in [0, 0.1) is 10.8 Å². The second kappa shape index (κ2) is 15.1. The van der Waals surface area contributed by atoms with Gasteiger partial charge in [-0.3, -0.25) is 0 Å². The van der Waals surface area contributed by atoms with Crippen molar-refractivity contribution in [1.82, 2.24) is 0 Å². The van der Waals surface area contributed by atoms with Crippen molar-refractivity contribution < 1.29 is 24.1 Å². The SMILES string of the molecule is CO.CO[C@]12CCC[C@@]1(C(c1ccccc1)c1ccccc1)CCO2.CO[C@]12CCC[C@@]1(C(c1ccccc1)c1ccccc1)CCO2. The minimum atomic E-state index is -0.427. The number of rotatable bonds is 8. The first-order valence-corrected chi connectivity index (χ1v) is 17.7. The van der Waals surface area contributed by atoms with E-state index in [1.54, 1.807) is 0 Å². The number of aliphatic hydroxyl groups excluding tert-OH is 1. The summed E-state index contributed by atoms with van der Waals surface area (Å²) in [6.07, 6.45) is 8.79. The molecule has 2 saturated carbocycles. The molecule has 5 heteroatoms. The largest absolute Gasteiger partial charge is 0.400 e. The fourth-order valence-corrected chi connectivity index (χ4v) is 10.00. The van der Waals surface area contributed by atoms with Crippen LogP contribution in [0.5, 0.6) is 0 Å². The van der Waals surface area contributed by atoms with Gasteiger partial charge in [0.05, 0.1) is 13.2 Å². The van der Waals surface area contributed by atoms with Crippen molar-refractivity contribution in [2.45, 2.75) is 74.8 Å². The molecule has 4 aromatic rings. The van der Waals surface area contributed by atoms with Gasteiger partial charge in [0.25, 0.3) is 0 Å². The van der Waals surface area contributed by atoms with Crippen LogP contribution in [0.2, 0.25) is 0 Å². The topological polar surface area (TPSA) is 57.2 Å². The van der Waals surface area contributed by atoms with E-state index in [9.17, 15) is 0 Å². The van der Waals surface area contributed by atoms with Gasteiger partial charge in [0, 0.05) is 56.8 Å². The van der Waals surface area contributed by atoms with Gasteiger partial charge in [0.1, 0.15) is 0 Å². The molecule has 0 unspecified atom stereocenters. The molecule has 0 amide bonds. The second-order valence-electron chi connectivity index (χ2n) is 13.6. The summed E-state index contributed by atoms with van der Waals surface area (Å²) < 4.78 is 24.5. The van der Waals surface area contributed by atoms with E-state index >= 15 is 0 Å². The number of fused-ring (bicyclic) bond motifs is 2. The maximum absolute atomic E-state index is 7.00. The summed E-state index contributed by atoms with van der Waals surface area (Å²) >= 11 is 0. The summed E-state index contributed by atoms with van der Waals surface area (Å²) in [5.41, 5.74) is 5.54. The molecule has 4 atom stereocenters. The number of hydrogen-bond acceptors (Lipinski definition) is 5. The average molecular weight is 649 g/mol. The van der Waals surface area contributed by atoms with Crippen LogP contribution in [0.25, 0.3) is 0 Å². The molecule has 0 spiro atoms. The molecule has 0 aromatic heterocycles. The number of hydrogen-bond donors (Lipinski definition) is 1. The normalized spacial score (nSPS) is 28.7. The Morgan fingerprint density at radius 2 is 0.750 bits per heavy atom. The van der Waals surface area contributed by atoms with E-state index in [0.717, 1.165) is 58.8 Å². The zero-order valence-corrected chi connectivity index (χ0v) is 28.9. The summed E-state index contributed by atoms with van der Waals surface area (Å²) in [7, 11) is 4.64. The molecule has 4 aliphatic rings. The fraction of sp³-hybridized carbons (Fsp3) is 0.442. The van der Waals surface area contributed by atoms with E-state index in [1.165, 1.54) is 35.1 Å². The highest BCUT2D eigenvalue weighted by Crippen LogP contribution is 2.65. The van der Waals surface area contributed by atoms with E-state index in [1.807, 2.05) is 14.2 Å². The van der Waals surface area contributed by atoms with Crippen LogP contribution in [0.4, 0.5) is 0 Å². The van der Waals surface area contributed by atoms with E-state index < -0.39 is 11.6 Å². The van der Waals surface area contributed by atoms with E-state index in [2.05, 4.69) is 121 Å². The highest BCUT2D eigenvalue weighted by atomic mass is 16.7. The molecule has 2 heterocycles. The zero-order chi connectivity index (χ0) is 33.5. The minimum Gasteiger partial charge on any atom is -0.400 e. The maximum Gasteiger partial charge on any atom is 0.174 e. The van der Waals surface area contributed by atoms with Gasteiger partial charge in [-0.25, -0.2) is 0 Å². The number of methoxy groups -OCH3 is 2. The molecule has 1 N–H and O–H groups in total. The third kappa shape index (κ3) is 5.84. The zero-order valence-electron chi connectivity index (χ0n) is 28.9. The van der Waals surface area contributed by atoms with Crippen LogP contribution in [-0.2, 0) is 18.9 Å². The van der Waals surface area contributed by atoms with Crippen molar-refractivity contribution in [2.24, 2.45) is 10.8 Å². The molecule has 254 valence electrons. The van der Waals surface area contributed by atoms with Crippen LogP contribution in [0.15, 0.2) is 121 Å². The van der Waals surface area contributed by atoms with Gasteiger partial charge in [-0.05, 0) is 60.8 Å². The summed E-state index contributed by atoms with van der Waals surface area (Å²) in [6, 6.07) is 43.5. The predicted octanol–water partition coefficient (Wildman–Crippen LogP) is 9.11. The Morgan fingerprint density at radius 3 is 1.02 bits per heavy atom. The highest BCUT2D eigenvalue weighted by molar-refractivity contribution is 5.39. The Bertz CT molecular complexity index is 1320. The standard InChI is InChI=1S/2C21H24O2.CH4O/c2*1-22-21-14-8-13-20(21,15-16-23-21)19(17-9-4-2-5-10-17)18-11-6-3-7-12-18;1-2/h2*2-7,9-12,19H,8,13-16H2,1H3;2H,1H3/t2*20-,21-;/m00./s1. The third-order valence-corrected chi connectivity index (χ3v) is 11.8. The average Bonchev–Trinajstić information content (AvgIpc) is 3.89. The molecule has 48 heavy (non-hydrogen) atoms. The van der Waals surface area contributed by atoms with Crippen molar-refractivity contribution in [2.75, 3.05) is 34.5 Å². The molecule has 4 fully saturated rings. The first-order valence-electron chi connectivity index (χ1n) is 17.7. The molecule has 2 saturated heterocycles. The number of benzene rings is 4. The second-order valence-corrected chi connectivity index (χ2v) is 13.6. The summed E-state index contributed by atoms with van der Waals surface area (Å²) in [5.74, 6) is -0.225. The van der Waals surface area contributed by atoms with Gasteiger partial charge >= 0.3 is 0 Å². The summed E-state index contributed by atoms with van der Waals surface area (Å²) in [5, 5.41) is 7.00. The molecule has 2 aliphatic heterocycles. The monoisotopic (exact) mass is 648 g/mol. The maximum atomic E-state index is 7.00. The van der Waals surface area contributed by atoms with Gasteiger partial charge in [-0.1, -0.05) is 121 Å². The molecule has 2 aliphatic carbocycles. The van der Waals surface area contributed by atoms with Crippen molar-refractivity contribution in [3.05, 3.63) is 144 Å². The van der Waals surface area contributed by atoms with Gasteiger partial charge in [0.2, 0.25) is 0 Å². The molecular weight excluding hydrogens is 596 g/mol. The van der Waals surface area contributed by atoms with E-state index in [0.29, 0.717) is 11.8 Å². The molecule has 4 aromatic carbocycles. The Balaban J connectivity index is 0.000000159. The first kappa shape index (κ1) is 34.5. The molecule has 5 nitrogen and oxygen atoms in total. The molecule has 8 rings (SSSR count). The third-order valence-electron chi connectivity index (χ3n) is 11.8. The lowest BCUT2D eigenvalue weighted by molar-refractivity contribution is -0.235. The summed E-state index contributed by atoms with van der Waals surface area (Å²) in [4.78, 5) is 0. The molecular formula is C43H52O5. The van der Waals surface area contributed by atoms with E-state index in [-0.39, 0.29) is 10.8 Å². The van der Waals surface area contributed by atoms with Crippen LogP contribution in [0.1, 0.15) is 85.5 Å². The van der Waals surface area contributed by atoms with Crippen LogP contribution >= 0.6 is 0 Å². The minimum absolute atomic E-state index is 0.0322. The lowest BCUT2D eigenvalue weighted by Crippen LogP contribution is -2.46. The van der Waals surface area contributed by atoms with Crippen LogP contribution in [-0.4, -0.2) is 51.2 Å². The lowest BCUT2D eigenvalue weighted by Gasteiger charge is -2.44. The van der Waals surface area contributed by atoms with Gasteiger partial charge in [-0.2, -0.15) is 0 Å². The quantitative estimate of drug-likeness (QED) is 0.207. The Hall–Kier alpha value is -3.32. The van der Waals surface area contributed by atoms with Gasteiger partial charge < -0.3 is 24.1 Å². The molecule has 0 bridgehead atoms. The van der Waals surface area contributed by atoms with Crippen molar-refractivity contribution in [3.8, 4) is 0 Å². The number of aliphatic hydroxyl groups is 1. The Morgan fingerprint density at radius 1 is 0.458 bits per heavy atom. The smallest absolute Gasteiger partial charge is 0.174 e. The number of ether oxygens (including phenoxy) is 4. The summed E-state index contributed by atoms with van der Waals surface area (Å²) in [6.45, 7) is 1.59. The van der Waals surface area contributed by atoms with Crippen molar-refractivity contribution in [1.29, 1.82) is 0 Å².